The first kappa shape index (κ1) is 16.5. The van der Waals surface area contributed by atoms with Gasteiger partial charge in [-0.15, -0.1) is 0 Å². The van der Waals surface area contributed by atoms with Crippen molar-refractivity contribution >= 4 is 20.9 Å². The highest BCUT2D eigenvalue weighted by atomic mass is 32.2. The minimum atomic E-state index is -3.53. The predicted molar refractivity (Wildman–Crippen MR) is 94.9 cm³/mol. The quantitative estimate of drug-likeness (QED) is 0.748. The molecule has 0 saturated heterocycles. The van der Waals surface area contributed by atoms with Crippen molar-refractivity contribution in [2.45, 2.75) is 18.4 Å². The number of hydrogen-bond acceptors (Lipinski definition) is 3. The highest BCUT2D eigenvalue weighted by molar-refractivity contribution is 7.89. The van der Waals surface area contributed by atoms with E-state index < -0.39 is 10.0 Å². The molecule has 0 bridgehead atoms. The van der Waals surface area contributed by atoms with Crippen molar-refractivity contribution in [2.75, 3.05) is 13.7 Å². The van der Waals surface area contributed by atoms with Crippen LogP contribution >= 0.6 is 0 Å². The van der Waals surface area contributed by atoms with E-state index in [4.69, 9.17) is 4.74 Å². The maximum absolute atomic E-state index is 12.4. The second-order valence-electron chi connectivity index (χ2n) is 5.60. The van der Waals surface area contributed by atoms with Crippen LogP contribution in [0.5, 0.6) is 5.75 Å². The molecule has 6 heteroatoms. The molecule has 0 aliphatic carbocycles. The van der Waals surface area contributed by atoms with Crippen LogP contribution in [0.25, 0.3) is 10.9 Å². The van der Waals surface area contributed by atoms with Crippen molar-refractivity contribution < 1.29 is 13.2 Å². The lowest BCUT2D eigenvalue weighted by Crippen LogP contribution is -2.27. The number of methoxy groups -OCH3 is 1. The minimum Gasteiger partial charge on any atom is -0.496 e. The maximum atomic E-state index is 12.4. The van der Waals surface area contributed by atoms with Gasteiger partial charge in [-0.1, -0.05) is 18.2 Å². The number of nitrogens with zero attached hydrogens (tertiary/aromatic N) is 1. The molecule has 5 nitrogen and oxygen atoms in total. The number of sulfonamides is 1. The molecular weight excluding hydrogens is 324 g/mol. The van der Waals surface area contributed by atoms with Gasteiger partial charge in [0.05, 0.1) is 12.0 Å². The van der Waals surface area contributed by atoms with Gasteiger partial charge >= 0.3 is 0 Å². The van der Waals surface area contributed by atoms with E-state index in [9.17, 15) is 8.42 Å². The molecule has 1 N–H and O–H groups in total. The Balaban J connectivity index is 1.70. The summed E-state index contributed by atoms with van der Waals surface area (Å²) in [7, 11) is -1.97. The van der Waals surface area contributed by atoms with E-state index in [0.29, 0.717) is 18.8 Å². The normalized spacial score (nSPS) is 11.8. The summed E-state index contributed by atoms with van der Waals surface area (Å²) in [5.41, 5.74) is 1.88. The molecule has 2 aromatic carbocycles. The molecule has 0 atom stereocenters. The number of hydrogen-bond donors (Lipinski definition) is 1. The number of aromatic nitrogens is 1. The lowest BCUT2D eigenvalue weighted by atomic mass is 10.2. The highest BCUT2D eigenvalue weighted by Gasteiger charge is 2.15. The zero-order chi connectivity index (χ0) is 17.2. The number of nitrogens with one attached hydrogen (secondary N) is 1. The van der Waals surface area contributed by atoms with E-state index in [1.165, 1.54) is 0 Å². The molecule has 0 aliphatic rings. The topological polar surface area (TPSA) is 60.3 Å². The summed E-state index contributed by atoms with van der Waals surface area (Å²) in [5, 5.41) is 1.14. The van der Waals surface area contributed by atoms with Gasteiger partial charge in [-0.25, -0.2) is 13.1 Å². The van der Waals surface area contributed by atoms with Crippen LogP contribution in [0.4, 0.5) is 0 Å². The largest absolute Gasteiger partial charge is 0.496 e. The van der Waals surface area contributed by atoms with Crippen molar-refractivity contribution in [3.8, 4) is 5.75 Å². The van der Waals surface area contributed by atoms with Crippen LogP contribution in [0.1, 0.15) is 5.56 Å². The lowest BCUT2D eigenvalue weighted by molar-refractivity contribution is 0.411. The van der Waals surface area contributed by atoms with E-state index in [1.807, 2.05) is 48.0 Å². The van der Waals surface area contributed by atoms with Crippen LogP contribution in [0.15, 0.2) is 59.6 Å². The van der Waals surface area contributed by atoms with Gasteiger partial charge in [-0.05, 0) is 48.2 Å². The van der Waals surface area contributed by atoms with Gasteiger partial charge in [0.2, 0.25) is 10.0 Å². The fourth-order valence-electron chi connectivity index (χ4n) is 2.74. The Hall–Kier alpha value is -2.31. The number of aryl methyl sites for hydroxylation is 1. The third-order valence-corrected chi connectivity index (χ3v) is 5.46. The first-order chi connectivity index (χ1) is 11.5. The van der Waals surface area contributed by atoms with Crippen LogP contribution in [-0.2, 0) is 16.6 Å². The summed E-state index contributed by atoms with van der Waals surface area (Å²) >= 11 is 0. The molecule has 3 aromatic rings. The number of benzene rings is 2. The first-order valence-corrected chi connectivity index (χ1v) is 9.18. The van der Waals surface area contributed by atoms with E-state index in [2.05, 4.69) is 4.72 Å². The van der Waals surface area contributed by atoms with Gasteiger partial charge in [-0.2, -0.15) is 0 Å². The number of para-hydroxylation sites is 1. The SMILES string of the molecule is COc1ccc(S(=O)(=O)NCCn2ccc3ccccc32)cc1C. The maximum Gasteiger partial charge on any atom is 0.240 e. The Bertz CT molecular complexity index is 961. The molecule has 1 heterocycles. The summed E-state index contributed by atoms with van der Waals surface area (Å²) in [6.07, 6.45) is 1.97. The average molecular weight is 344 g/mol. The fraction of sp³-hybridized carbons (Fsp3) is 0.222. The lowest BCUT2D eigenvalue weighted by Gasteiger charge is -2.10. The molecule has 0 radical (unpaired) electrons. The van der Waals surface area contributed by atoms with E-state index in [1.54, 1.807) is 25.3 Å². The van der Waals surface area contributed by atoms with Crippen LogP contribution in [0, 0.1) is 6.92 Å². The summed E-state index contributed by atoms with van der Waals surface area (Å²) in [6.45, 7) is 2.72. The monoisotopic (exact) mass is 344 g/mol. The number of fused-ring (bicyclic) bond motifs is 1. The van der Waals surface area contributed by atoms with Crippen LogP contribution in [0.3, 0.4) is 0 Å². The third kappa shape index (κ3) is 3.29. The van der Waals surface area contributed by atoms with Crippen LogP contribution < -0.4 is 9.46 Å². The smallest absolute Gasteiger partial charge is 0.240 e. The second-order valence-corrected chi connectivity index (χ2v) is 7.36. The van der Waals surface area contributed by atoms with E-state index in [-0.39, 0.29) is 4.90 Å². The zero-order valence-corrected chi connectivity index (χ0v) is 14.5. The summed E-state index contributed by atoms with van der Waals surface area (Å²) in [4.78, 5) is 0.248. The second kappa shape index (κ2) is 6.67. The van der Waals surface area contributed by atoms with Gasteiger partial charge in [0.25, 0.3) is 0 Å². The molecule has 0 spiro atoms. The highest BCUT2D eigenvalue weighted by Crippen LogP contribution is 2.21. The van der Waals surface area contributed by atoms with Gasteiger partial charge in [0, 0.05) is 24.8 Å². The van der Waals surface area contributed by atoms with Crippen LogP contribution in [0.2, 0.25) is 0 Å². The first-order valence-electron chi connectivity index (χ1n) is 7.69. The Kier molecular flexibility index (Phi) is 4.59. The van der Waals surface area contributed by atoms with Crippen molar-refractivity contribution in [1.82, 2.24) is 9.29 Å². The zero-order valence-electron chi connectivity index (χ0n) is 13.7. The average Bonchev–Trinajstić information content (AvgIpc) is 2.98. The van der Waals surface area contributed by atoms with Gasteiger partial charge in [0.15, 0.2) is 0 Å². The van der Waals surface area contributed by atoms with Gasteiger partial charge in [-0.3, -0.25) is 0 Å². The van der Waals surface area contributed by atoms with Crippen molar-refractivity contribution in [3.05, 3.63) is 60.3 Å². The van der Waals surface area contributed by atoms with Crippen molar-refractivity contribution in [3.63, 3.8) is 0 Å². The van der Waals surface area contributed by atoms with Crippen molar-refractivity contribution in [2.24, 2.45) is 0 Å². The Morgan fingerprint density at radius 3 is 2.67 bits per heavy atom. The van der Waals surface area contributed by atoms with E-state index >= 15 is 0 Å². The summed E-state index contributed by atoms with van der Waals surface area (Å²) in [5.74, 6) is 0.674. The molecular formula is C18H20N2O3S. The van der Waals surface area contributed by atoms with Crippen LogP contribution in [-0.4, -0.2) is 26.6 Å². The molecule has 24 heavy (non-hydrogen) atoms. The Morgan fingerprint density at radius 2 is 1.92 bits per heavy atom. The summed E-state index contributed by atoms with van der Waals surface area (Å²) in [6, 6.07) is 14.9. The molecule has 0 saturated carbocycles. The minimum absolute atomic E-state index is 0.248. The molecule has 0 amide bonds. The molecule has 0 fully saturated rings. The number of ether oxygens (including phenoxy) is 1. The predicted octanol–water partition coefficient (Wildman–Crippen LogP) is 2.94. The van der Waals surface area contributed by atoms with Gasteiger partial charge in [0.1, 0.15) is 5.75 Å². The fourth-order valence-corrected chi connectivity index (χ4v) is 3.84. The molecule has 3 rings (SSSR count). The van der Waals surface area contributed by atoms with Gasteiger partial charge < -0.3 is 9.30 Å². The van der Waals surface area contributed by atoms with E-state index in [0.717, 1.165) is 16.5 Å². The standard InChI is InChI=1S/C18H20N2O3S/c1-14-13-16(7-8-18(14)23-2)24(21,22)19-10-12-20-11-9-15-5-3-4-6-17(15)20/h3-9,11,13,19H,10,12H2,1-2H3. The van der Waals surface area contributed by atoms with Crippen molar-refractivity contribution in [1.29, 1.82) is 0 Å². The molecule has 0 aliphatic heterocycles. The summed E-state index contributed by atoms with van der Waals surface area (Å²) < 4.78 is 34.7. The Labute approximate surface area is 141 Å². The Morgan fingerprint density at radius 1 is 1.12 bits per heavy atom. The molecule has 0 unspecified atom stereocenters. The third-order valence-electron chi connectivity index (χ3n) is 4.00. The molecule has 1 aromatic heterocycles. The molecule has 126 valence electrons. The number of rotatable bonds is 6.